The summed E-state index contributed by atoms with van der Waals surface area (Å²) < 4.78 is 0. The number of carbonyl (C=O) groups is 1. The average Bonchev–Trinajstić information content (AvgIpc) is 2.78. The number of nitrogens with zero attached hydrogens (tertiary/aromatic N) is 2. The molecule has 0 saturated heterocycles. The predicted molar refractivity (Wildman–Crippen MR) is 110 cm³/mol. The minimum atomic E-state index is -2.11. The summed E-state index contributed by atoms with van der Waals surface area (Å²) in [6.07, 6.45) is 0. The Hall–Kier alpha value is -3.63. The van der Waals surface area contributed by atoms with Gasteiger partial charge in [0.25, 0.3) is 5.72 Å². The van der Waals surface area contributed by atoms with E-state index in [1.165, 1.54) is 0 Å². The lowest BCUT2D eigenvalue weighted by Gasteiger charge is -2.21. The average molecular weight is 366 g/mol. The SMILES string of the molecule is O=C(c1ccccc1)[C@@](O)(N=Nc1cccc2ccccc12)c1ccccc1. The second kappa shape index (κ2) is 7.55. The Morgan fingerprint density at radius 3 is 2.07 bits per heavy atom. The summed E-state index contributed by atoms with van der Waals surface area (Å²) in [6, 6.07) is 30.7. The highest BCUT2D eigenvalue weighted by atomic mass is 16.3. The first-order valence-electron chi connectivity index (χ1n) is 8.97. The van der Waals surface area contributed by atoms with E-state index in [0.29, 0.717) is 16.8 Å². The molecule has 0 saturated carbocycles. The van der Waals surface area contributed by atoms with Crippen LogP contribution in [0.2, 0.25) is 0 Å². The Morgan fingerprint density at radius 1 is 0.714 bits per heavy atom. The van der Waals surface area contributed by atoms with Gasteiger partial charge < -0.3 is 5.11 Å². The minimum absolute atomic E-state index is 0.366. The molecule has 4 nitrogen and oxygen atoms in total. The summed E-state index contributed by atoms with van der Waals surface area (Å²) in [5.74, 6) is -0.525. The van der Waals surface area contributed by atoms with E-state index in [9.17, 15) is 9.90 Å². The minimum Gasteiger partial charge on any atom is -0.358 e. The third-order valence-electron chi connectivity index (χ3n) is 4.60. The number of hydrogen-bond donors (Lipinski definition) is 1. The monoisotopic (exact) mass is 366 g/mol. The summed E-state index contributed by atoms with van der Waals surface area (Å²) in [5, 5.41) is 21.7. The van der Waals surface area contributed by atoms with Crippen molar-refractivity contribution in [3.05, 3.63) is 114 Å². The molecule has 0 radical (unpaired) electrons. The molecule has 4 aromatic carbocycles. The molecule has 0 spiro atoms. The lowest BCUT2D eigenvalue weighted by molar-refractivity contribution is 0.0309. The van der Waals surface area contributed by atoms with E-state index in [4.69, 9.17) is 0 Å². The molecule has 1 N–H and O–H groups in total. The zero-order chi connectivity index (χ0) is 19.4. The van der Waals surface area contributed by atoms with Crippen LogP contribution in [0.25, 0.3) is 10.8 Å². The molecule has 1 atom stereocenters. The highest BCUT2D eigenvalue weighted by molar-refractivity contribution is 6.02. The molecular weight excluding hydrogens is 348 g/mol. The van der Waals surface area contributed by atoms with Crippen LogP contribution in [0.5, 0.6) is 0 Å². The smallest absolute Gasteiger partial charge is 0.266 e. The van der Waals surface area contributed by atoms with Gasteiger partial charge in [-0.15, -0.1) is 5.11 Å². The third kappa shape index (κ3) is 3.33. The molecule has 0 fully saturated rings. The van der Waals surface area contributed by atoms with Crippen molar-refractivity contribution < 1.29 is 9.90 Å². The van der Waals surface area contributed by atoms with Crippen molar-refractivity contribution >= 4 is 22.2 Å². The highest BCUT2D eigenvalue weighted by Crippen LogP contribution is 2.32. The van der Waals surface area contributed by atoms with Crippen molar-refractivity contribution in [1.29, 1.82) is 0 Å². The molecule has 0 aromatic heterocycles. The van der Waals surface area contributed by atoms with Crippen molar-refractivity contribution in [2.45, 2.75) is 5.72 Å². The number of benzene rings is 4. The second-order valence-electron chi connectivity index (χ2n) is 6.43. The standard InChI is InChI=1S/C24H18N2O2/c27-23(19-11-3-1-4-12-19)24(28,20-14-5-2-6-15-20)26-25-22-17-9-13-18-10-7-8-16-21(18)22/h1-17,28H/t24-/m1/s1. The number of aliphatic hydroxyl groups is 1. The molecule has 136 valence electrons. The van der Waals surface area contributed by atoms with Gasteiger partial charge in [-0.3, -0.25) is 4.79 Å². The Kier molecular flexibility index (Phi) is 4.79. The summed E-state index contributed by atoms with van der Waals surface area (Å²) in [5.41, 5.74) is -0.786. The molecule has 0 aliphatic rings. The maximum absolute atomic E-state index is 13.1. The van der Waals surface area contributed by atoms with Gasteiger partial charge in [0.05, 0.1) is 5.69 Å². The fourth-order valence-corrected chi connectivity index (χ4v) is 3.12. The molecule has 0 aliphatic heterocycles. The third-order valence-corrected chi connectivity index (χ3v) is 4.60. The van der Waals surface area contributed by atoms with Gasteiger partial charge in [0.2, 0.25) is 5.78 Å². The number of rotatable bonds is 5. The van der Waals surface area contributed by atoms with E-state index in [1.54, 1.807) is 48.5 Å². The maximum atomic E-state index is 13.1. The van der Waals surface area contributed by atoms with Gasteiger partial charge in [0.15, 0.2) is 0 Å². The molecule has 0 aliphatic carbocycles. The van der Waals surface area contributed by atoms with E-state index >= 15 is 0 Å². The summed E-state index contributed by atoms with van der Waals surface area (Å²) in [7, 11) is 0. The number of hydrogen-bond acceptors (Lipinski definition) is 4. The van der Waals surface area contributed by atoms with Crippen molar-refractivity contribution in [3.8, 4) is 0 Å². The number of ketones is 1. The summed E-state index contributed by atoms with van der Waals surface area (Å²) in [6.45, 7) is 0. The molecule has 0 bridgehead atoms. The molecular formula is C24H18N2O2. The summed E-state index contributed by atoms with van der Waals surface area (Å²) >= 11 is 0. The molecule has 0 heterocycles. The largest absolute Gasteiger partial charge is 0.358 e. The van der Waals surface area contributed by atoms with Gasteiger partial charge in [0, 0.05) is 16.5 Å². The number of Topliss-reactive ketones (excluding diaryl/α,β-unsaturated/α-hetero) is 1. The second-order valence-corrected chi connectivity index (χ2v) is 6.43. The zero-order valence-electron chi connectivity index (χ0n) is 15.1. The Labute approximate surface area is 162 Å². The zero-order valence-corrected chi connectivity index (χ0v) is 15.1. The number of azo groups is 1. The highest BCUT2D eigenvalue weighted by Gasteiger charge is 2.39. The van der Waals surface area contributed by atoms with E-state index in [0.717, 1.165) is 10.8 Å². The first kappa shape index (κ1) is 17.8. The van der Waals surface area contributed by atoms with E-state index in [1.807, 2.05) is 54.6 Å². The van der Waals surface area contributed by atoms with E-state index < -0.39 is 11.5 Å². The molecule has 4 heteroatoms. The van der Waals surface area contributed by atoms with Crippen molar-refractivity contribution in [1.82, 2.24) is 0 Å². The topological polar surface area (TPSA) is 62.0 Å². The van der Waals surface area contributed by atoms with Crippen LogP contribution in [0, 0.1) is 0 Å². The molecule has 28 heavy (non-hydrogen) atoms. The van der Waals surface area contributed by atoms with Crippen LogP contribution in [0.3, 0.4) is 0 Å². The van der Waals surface area contributed by atoms with Gasteiger partial charge in [0.1, 0.15) is 0 Å². The summed E-state index contributed by atoms with van der Waals surface area (Å²) in [4.78, 5) is 13.1. The Bertz CT molecular complexity index is 1140. The van der Waals surface area contributed by atoms with Gasteiger partial charge >= 0.3 is 0 Å². The van der Waals surface area contributed by atoms with Gasteiger partial charge in [-0.05, 0) is 11.5 Å². The Balaban J connectivity index is 1.82. The normalized spacial score (nSPS) is 13.5. The quantitative estimate of drug-likeness (QED) is 0.366. The number of carbonyl (C=O) groups excluding carboxylic acids is 1. The Morgan fingerprint density at radius 2 is 1.32 bits per heavy atom. The van der Waals surface area contributed by atoms with Crippen LogP contribution in [0.15, 0.2) is 113 Å². The van der Waals surface area contributed by atoms with E-state index in [2.05, 4.69) is 10.2 Å². The van der Waals surface area contributed by atoms with Crippen molar-refractivity contribution in [3.63, 3.8) is 0 Å². The van der Waals surface area contributed by atoms with Crippen LogP contribution in [-0.2, 0) is 5.72 Å². The van der Waals surface area contributed by atoms with Crippen molar-refractivity contribution in [2.75, 3.05) is 0 Å². The van der Waals surface area contributed by atoms with Crippen LogP contribution >= 0.6 is 0 Å². The van der Waals surface area contributed by atoms with Crippen LogP contribution < -0.4 is 0 Å². The van der Waals surface area contributed by atoms with Crippen LogP contribution in [-0.4, -0.2) is 10.9 Å². The van der Waals surface area contributed by atoms with Gasteiger partial charge in [-0.1, -0.05) is 97.1 Å². The first-order chi connectivity index (χ1) is 13.7. The van der Waals surface area contributed by atoms with Crippen LogP contribution in [0.4, 0.5) is 5.69 Å². The number of fused-ring (bicyclic) bond motifs is 1. The van der Waals surface area contributed by atoms with Crippen molar-refractivity contribution in [2.24, 2.45) is 10.2 Å². The lowest BCUT2D eigenvalue weighted by Crippen LogP contribution is -2.33. The lowest BCUT2D eigenvalue weighted by atomic mass is 9.94. The molecule has 4 aromatic rings. The first-order valence-corrected chi connectivity index (χ1v) is 8.97. The van der Waals surface area contributed by atoms with Crippen LogP contribution in [0.1, 0.15) is 15.9 Å². The molecule has 0 unspecified atom stereocenters. The van der Waals surface area contributed by atoms with E-state index in [-0.39, 0.29) is 0 Å². The fraction of sp³-hybridized carbons (Fsp3) is 0.0417. The maximum Gasteiger partial charge on any atom is 0.266 e. The molecule has 0 amide bonds. The van der Waals surface area contributed by atoms with Gasteiger partial charge in [-0.25, -0.2) is 0 Å². The fourth-order valence-electron chi connectivity index (χ4n) is 3.12. The van der Waals surface area contributed by atoms with Gasteiger partial charge in [-0.2, -0.15) is 5.11 Å². The molecule has 4 rings (SSSR count). The predicted octanol–water partition coefficient (Wildman–Crippen LogP) is 5.65.